The first-order valence-corrected chi connectivity index (χ1v) is 6.52. The molecular formula is C13H24N4O. The van der Waals surface area contributed by atoms with E-state index in [1.165, 1.54) is 5.56 Å². The summed E-state index contributed by atoms with van der Waals surface area (Å²) in [4.78, 5) is 10.6. The Kier molecular flexibility index (Phi) is 5.85. The largest absolute Gasteiger partial charge is 0.370 e. The Morgan fingerprint density at radius 1 is 1.50 bits per heavy atom. The number of amides is 1. The highest BCUT2D eigenvalue weighted by molar-refractivity contribution is 5.73. The Bertz CT molecular complexity index is 384. The number of nitrogens with one attached hydrogen (secondary N) is 1. The van der Waals surface area contributed by atoms with Crippen LogP contribution in [0.2, 0.25) is 0 Å². The molecule has 102 valence electrons. The molecule has 5 heteroatoms. The van der Waals surface area contributed by atoms with Crippen LogP contribution < -0.4 is 11.1 Å². The fourth-order valence-electron chi connectivity index (χ4n) is 1.95. The van der Waals surface area contributed by atoms with E-state index in [0.717, 1.165) is 31.6 Å². The lowest BCUT2D eigenvalue weighted by Gasteiger charge is -2.06. The van der Waals surface area contributed by atoms with E-state index in [1.54, 1.807) is 0 Å². The number of hydrogen-bond acceptors (Lipinski definition) is 3. The van der Waals surface area contributed by atoms with Crippen LogP contribution in [0.4, 0.5) is 0 Å². The summed E-state index contributed by atoms with van der Waals surface area (Å²) < 4.78 is 1.86. The van der Waals surface area contributed by atoms with E-state index >= 15 is 0 Å². The van der Waals surface area contributed by atoms with Gasteiger partial charge in [-0.15, -0.1) is 0 Å². The molecule has 18 heavy (non-hydrogen) atoms. The van der Waals surface area contributed by atoms with Gasteiger partial charge in [0.05, 0.1) is 5.69 Å². The van der Waals surface area contributed by atoms with Crippen molar-refractivity contribution < 1.29 is 4.79 Å². The minimum absolute atomic E-state index is 0.218. The first kappa shape index (κ1) is 14.7. The van der Waals surface area contributed by atoms with Crippen LogP contribution in [0.25, 0.3) is 0 Å². The second kappa shape index (κ2) is 7.16. The van der Waals surface area contributed by atoms with Gasteiger partial charge in [-0.2, -0.15) is 5.10 Å². The molecule has 1 aromatic rings. The van der Waals surface area contributed by atoms with Crippen LogP contribution in [0.3, 0.4) is 0 Å². The topological polar surface area (TPSA) is 72.9 Å². The smallest absolute Gasteiger partial charge is 0.217 e. The van der Waals surface area contributed by atoms with Gasteiger partial charge in [0.2, 0.25) is 5.91 Å². The van der Waals surface area contributed by atoms with E-state index in [2.05, 4.69) is 30.5 Å². The van der Waals surface area contributed by atoms with Crippen molar-refractivity contribution in [2.24, 2.45) is 12.8 Å². The molecule has 3 N–H and O–H groups in total. The Hall–Kier alpha value is -1.36. The van der Waals surface area contributed by atoms with Gasteiger partial charge in [-0.1, -0.05) is 13.8 Å². The first-order chi connectivity index (χ1) is 8.50. The summed E-state index contributed by atoms with van der Waals surface area (Å²) in [5.41, 5.74) is 7.49. The van der Waals surface area contributed by atoms with Crippen molar-refractivity contribution >= 4 is 5.91 Å². The summed E-state index contributed by atoms with van der Waals surface area (Å²) in [6.45, 7) is 6.04. The number of aromatic nitrogens is 2. The lowest BCUT2D eigenvalue weighted by atomic mass is 10.1. The molecule has 0 unspecified atom stereocenters. The Morgan fingerprint density at radius 2 is 2.22 bits per heavy atom. The summed E-state index contributed by atoms with van der Waals surface area (Å²) in [6.07, 6.45) is 4.37. The summed E-state index contributed by atoms with van der Waals surface area (Å²) in [5.74, 6) is 0.224. The van der Waals surface area contributed by atoms with Gasteiger partial charge in [-0.25, -0.2) is 0 Å². The average Bonchev–Trinajstić information content (AvgIpc) is 2.64. The molecule has 1 heterocycles. The molecule has 5 nitrogen and oxygen atoms in total. The fourth-order valence-corrected chi connectivity index (χ4v) is 1.95. The zero-order valence-corrected chi connectivity index (χ0v) is 11.6. The zero-order chi connectivity index (χ0) is 13.5. The molecule has 0 aromatic carbocycles. The fraction of sp³-hybridized carbons (Fsp3) is 0.692. The molecule has 1 aromatic heterocycles. The predicted molar refractivity (Wildman–Crippen MR) is 72.0 cm³/mol. The third-order valence-electron chi connectivity index (χ3n) is 2.83. The number of rotatable bonds is 8. The quantitative estimate of drug-likeness (QED) is 0.685. The number of hydrogen-bond donors (Lipinski definition) is 2. The van der Waals surface area contributed by atoms with Crippen molar-refractivity contribution in [3.05, 3.63) is 17.5 Å². The average molecular weight is 252 g/mol. The van der Waals surface area contributed by atoms with Crippen molar-refractivity contribution in [3.8, 4) is 0 Å². The SMILES string of the molecule is CC(C)c1nn(C)cc1CNCCCCC(N)=O. The van der Waals surface area contributed by atoms with Gasteiger partial charge in [0, 0.05) is 31.8 Å². The van der Waals surface area contributed by atoms with Crippen LogP contribution in [0.5, 0.6) is 0 Å². The van der Waals surface area contributed by atoms with E-state index in [4.69, 9.17) is 5.73 Å². The number of nitrogens with two attached hydrogens (primary N) is 1. The molecule has 1 amide bonds. The van der Waals surface area contributed by atoms with Crippen LogP contribution in [-0.2, 0) is 18.4 Å². The Balaban J connectivity index is 2.29. The number of unbranched alkanes of at least 4 members (excludes halogenated alkanes) is 1. The third kappa shape index (κ3) is 4.87. The van der Waals surface area contributed by atoms with E-state index in [9.17, 15) is 4.79 Å². The van der Waals surface area contributed by atoms with Crippen molar-refractivity contribution in [2.45, 2.75) is 45.6 Å². The monoisotopic (exact) mass is 252 g/mol. The molecule has 0 radical (unpaired) electrons. The minimum Gasteiger partial charge on any atom is -0.370 e. The molecule has 0 saturated heterocycles. The highest BCUT2D eigenvalue weighted by atomic mass is 16.1. The highest BCUT2D eigenvalue weighted by Gasteiger charge is 2.10. The van der Waals surface area contributed by atoms with Gasteiger partial charge >= 0.3 is 0 Å². The van der Waals surface area contributed by atoms with Crippen LogP contribution in [0.1, 0.15) is 50.3 Å². The summed E-state index contributed by atoms with van der Waals surface area (Å²) in [7, 11) is 1.95. The van der Waals surface area contributed by atoms with Gasteiger partial charge in [-0.05, 0) is 25.3 Å². The van der Waals surface area contributed by atoms with Gasteiger partial charge in [0.25, 0.3) is 0 Å². The first-order valence-electron chi connectivity index (χ1n) is 6.52. The normalized spacial score (nSPS) is 11.1. The summed E-state index contributed by atoms with van der Waals surface area (Å²) in [6, 6.07) is 0. The number of aryl methyl sites for hydroxylation is 1. The van der Waals surface area contributed by atoms with Crippen molar-refractivity contribution in [3.63, 3.8) is 0 Å². The molecule has 0 aliphatic heterocycles. The Labute approximate surface area is 109 Å². The zero-order valence-electron chi connectivity index (χ0n) is 11.6. The van der Waals surface area contributed by atoms with Crippen molar-refractivity contribution in [1.82, 2.24) is 15.1 Å². The minimum atomic E-state index is -0.218. The van der Waals surface area contributed by atoms with E-state index in [1.807, 2.05) is 11.7 Å². The Morgan fingerprint density at radius 3 is 2.83 bits per heavy atom. The van der Waals surface area contributed by atoms with Crippen LogP contribution >= 0.6 is 0 Å². The van der Waals surface area contributed by atoms with E-state index < -0.39 is 0 Å². The second-order valence-electron chi connectivity index (χ2n) is 4.97. The van der Waals surface area contributed by atoms with Crippen LogP contribution in [0.15, 0.2) is 6.20 Å². The van der Waals surface area contributed by atoms with Crippen LogP contribution in [0, 0.1) is 0 Å². The highest BCUT2D eigenvalue weighted by Crippen LogP contribution is 2.16. The number of primary amides is 1. The van der Waals surface area contributed by atoms with Crippen molar-refractivity contribution in [1.29, 1.82) is 0 Å². The van der Waals surface area contributed by atoms with Crippen LogP contribution in [-0.4, -0.2) is 22.2 Å². The number of nitrogens with zero attached hydrogens (tertiary/aromatic N) is 2. The standard InChI is InChI=1S/C13H24N4O/c1-10(2)13-11(9-17(3)16-13)8-15-7-5-4-6-12(14)18/h9-10,15H,4-8H2,1-3H3,(H2,14,18). The lowest BCUT2D eigenvalue weighted by molar-refractivity contribution is -0.118. The van der Waals surface area contributed by atoms with Gasteiger partial charge in [-0.3, -0.25) is 9.48 Å². The molecule has 0 atom stereocenters. The maximum atomic E-state index is 10.6. The third-order valence-corrected chi connectivity index (χ3v) is 2.83. The number of carbonyl (C=O) groups excluding carboxylic acids is 1. The molecule has 0 bridgehead atoms. The molecule has 0 fully saturated rings. The number of carbonyl (C=O) groups is 1. The van der Waals surface area contributed by atoms with E-state index in [-0.39, 0.29) is 5.91 Å². The molecule has 0 spiro atoms. The predicted octanol–water partition coefficient (Wildman–Crippen LogP) is 1.29. The summed E-state index contributed by atoms with van der Waals surface area (Å²) >= 11 is 0. The van der Waals surface area contributed by atoms with Gasteiger partial charge in [0.15, 0.2) is 0 Å². The van der Waals surface area contributed by atoms with Crippen molar-refractivity contribution in [2.75, 3.05) is 6.54 Å². The van der Waals surface area contributed by atoms with Gasteiger partial charge < -0.3 is 11.1 Å². The van der Waals surface area contributed by atoms with Gasteiger partial charge in [0.1, 0.15) is 0 Å². The molecular weight excluding hydrogens is 228 g/mol. The maximum absolute atomic E-state index is 10.6. The lowest BCUT2D eigenvalue weighted by Crippen LogP contribution is -2.16. The second-order valence-corrected chi connectivity index (χ2v) is 4.97. The summed E-state index contributed by atoms with van der Waals surface area (Å²) in [5, 5.41) is 7.84. The molecule has 1 rings (SSSR count). The molecule has 0 aliphatic carbocycles. The maximum Gasteiger partial charge on any atom is 0.217 e. The molecule has 0 aliphatic rings. The van der Waals surface area contributed by atoms with E-state index in [0.29, 0.717) is 12.3 Å². The molecule has 0 saturated carbocycles.